The van der Waals surface area contributed by atoms with Crippen LogP contribution in [0.25, 0.3) is 0 Å². The fourth-order valence-electron chi connectivity index (χ4n) is 1.28. The minimum absolute atomic E-state index is 0.0980. The van der Waals surface area contributed by atoms with E-state index in [4.69, 9.17) is 9.31 Å². The molecule has 1 N–H and O–H groups in total. The van der Waals surface area contributed by atoms with Crippen molar-refractivity contribution in [1.29, 1.82) is 0 Å². The van der Waals surface area contributed by atoms with Gasteiger partial charge < -0.3 is 9.31 Å². The van der Waals surface area contributed by atoms with Gasteiger partial charge in [0.1, 0.15) is 0 Å². The highest BCUT2D eigenvalue weighted by molar-refractivity contribution is 6.60. The van der Waals surface area contributed by atoms with E-state index in [2.05, 4.69) is 10.2 Å². The quantitative estimate of drug-likeness (QED) is 0.633. The molecule has 1 aliphatic rings. The smallest absolute Gasteiger partial charge is 0.401 e. The number of aromatic nitrogens is 2. The molecule has 4 nitrogen and oxygen atoms in total. The third-order valence-electron chi connectivity index (χ3n) is 2.49. The zero-order chi connectivity index (χ0) is 9.47. The second-order valence-corrected chi connectivity index (χ2v) is 3.84. The molecule has 2 heterocycles. The Balaban J connectivity index is 2.15. The molecule has 1 fully saturated rings. The second kappa shape index (κ2) is 2.85. The Kier molecular flexibility index (Phi) is 1.93. The average Bonchev–Trinajstić information content (AvgIpc) is 2.60. The Morgan fingerprint density at radius 1 is 1.62 bits per heavy atom. The first kappa shape index (κ1) is 8.78. The fraction of sp³-hybridized carbons (Fsp3) is 0.625. The molecule has 0 aromatic carbocycles. The van der Waals surface area contributed by atoms with Crippen LogP contribution < -0.4 is 5.59 Å². The maximum absolute atomic E-state index is 5.71. The first-order valence-corrected chi connectivity index (χ1v) is 4.42. The van der Waals surface area contributed by atoms with Crippen LogP contribution in [0.1, 0.15) is 20.8 Å². The lowest BCUT2D eigenvalue weighted by Crippen LogP contribution is -2.35. The highest BCUT2D eigenvalue weighted by atomic mass is 16.7. The SMILES string of the molecule is CC1OB(c2ccn[nH]2)OC1(C)C. The van der Waals surface area contributed by atoms with Crippen LogP contribution in [-0.2, 0) is 9.31 Å². The number of hydrogen-bond donors (Lipinski definition) is 1. The molecule has 1 unspecified atom stereocenters. The van der Waals surface area contributed by atoms with Crippen molar-refractivity contribution >= 4 is 12.7 Å². The Labute approximate surface area is 77.8 Å². The molecule has 0 bridgehead atoms. The molecule has 1 atom stereocenters. The van der Waals surface area contributed by atoms with Crippen LogP contribution in [0.15, 0.2) is 12.3 Å². The van der Waals surface area contributed by atoms with Crippen molar-refractivity contribution in [1.82, 2.24) is 10.2 Å². The van der Waals surface area contributed by atoms with Crippen LogP contribution in [-0.4, -0.2) is 29.0 Å². The van der Waals surface area contributed by atoms with Gasteiger partial charge in [-0.1, -0.05) is 0 Å². The van der Waals surface area contributed by atoms with Crippen LogP contribution in [0.5, 0.6) is 0 Å². The maximum Gasteiger partial charge on any atom is 0.513 e. The highest BCUT2D eigenvalue weighted by Crippen LogP contribution is 2.26. The van der Waals surface area contributed by atoms with Gasteiger partial charge in [-0.2, -0.15) is 5.10 Å². The van der Waals surface area contributed by atoms with Crippen molar-refractivity contribution in [3.05, 3.63) is 12.3 Å². The third-order valence-corrected chi connectivity index (χ3v) is 2.49. The van der Waals surface area contributed by atoms with E-state index in [0.29, 0.717) is 0 Å². The van der Waals surface area contributed by atoms with Crippen LogP contribution in [0, 0.1) is 0 Å². The molecule has 5 heteroatoms. The predicted octanol–water partition coefficient (Wildman–Crippen LogP) is 0.319. The molecule has 1 saturated heterocycles. The lowest BCUT2D eigenvalue weighted by molar-refractivity contribution is 0.0842. The van der Waals surface area contributed by atoms with Gasteiger partial charge in [0.15, 0.2) is 0 Å². The normalized spacial score (nSPS) is 26.7. The van der Waals surface area contributed by atoms with E-state index >= 15 is 0 Å². The van der Waals surface area contributed by atoms with Gasteiger partial charge in [0, 0.05) is 6.20 Å². The summed E-state index contributed by atoms with van der Waals surface area (Å²) in [5.74, 6) is 0. The molecule has 1 aromatic rings. The predicted molar refractivity (Wildman–Crippen MR) is 49.7 cm³/mol. The maximum atomic E-state index is 5.71. The van der Waals surface area contributed by atoms with E-state index < -0.39 is 0 Å². The summed E-state index contributed by atoms with van der Waals surface area (Å²) < 4.78 is 11.3. The summed E-state index contributed by atoms with van der Waals surface area (Å²) in [7, 11) is -0.299. The van der Waals surface area contributed by atoms with E-state index in [0.717, 1.165) is 5.59 Å². The summed E-state index contributed by atoms with van der Waals surface area (Å²) in [6.45, 7) is 6.05. The van der Waals surface area contributed by atoms with Gasteiger partial charge in [-0.25, -0.2) is 0 Å². The van der Waals surface area contributed by atoms with E-state index in [-0.39, 0.29) is 18.8 Å². The van der Waals surface area contributed by atoms with Crippen molar-refractivity contribution in [3.8, 4) is 0 Å². The second-order valence-electron chi connectivity index (χ2n) is 3.84. The monoisotopic (exact) mass is 180 g/mol. The highest BCUT2D eigenvalue weighted by Gasteiger charge is 2.44. The van der Waals surface area contributed by atoms with Crippen LogP contribution >= 0.6 is 0 Å². The number of nitrogens with one attached hydrogen (secondary N) is 1. The molecular formula is C8H13BN2O2. The Hall–Kier alpha value is -0.805. The number of nitrogens with zero attached hydrogens (tertiary/aromatic N) is 1. The standard InChI is InChI=1S/C8H13BN2O2/c1-6-8(2,3)13-9(12-6)7-4-5-10-11-7/h4-6H,1-3H3,(H,10,11). The fourth-order valence-corrected chi connectivity index (χ4v) is 1.28. The molecular weight excluding hydrogens is 167 g/mol. The number of rotatable bonds is 1. The summed E-state index contributed by atoms with van der Waals surface area (Å²) in [5, 5.41) is 6.69. The summed E-state index contributed by atoms with van der Waals surface area (Å²) in [6.07, 6.45) is 1.79. The van der Waals surface area contributed by atoms with Crippen molar-refractivity contribution in [2.45, 2.75) is 32.5 Å². The van der Waals surface area contributed by atoms with Gasteiger partial charge in [0.25, 0.3) is 0 Å². The minimum Gasteiger partial charge on any atom is -0.401 e. The van der Waals surface area contributed by atoms with Crippen molar-refractivity contribution in [2.24, 2.45) is 0 Å². The van der Waals surface area contributed by atoms with E-state index in [1.807, 2.05) is 26.8 Å². The Bertz CT molecular complexity index is 286. The molecule has 1 aromatic heterocycles. The largest absolute Gasteiger partial charge is 0.513 e. The lowest BCUT2D eigenvalue weighted by atomic mass is 9.85. The topological polar surface area (TPSA) is 47.1 Å². The minimum atomic E-state index is -0.299. The first-order chi connectivity index (χ1) is 6.09. The zero-order valence-corrected chi connectivity index (χ0v) is 8.07. The molecule has 0 radical (unpaired) electrons. The summed E-state index contributed by atoms with van der Waals surface area (Å²) >= 11 is 0. The molecule has 2 rings (SSSR count). The van der Waals surface area contributed by atoms with Gasteiger partial charge in [-0.05, 0) is 26.8 Å². The molecule has 70 valence electrons. The van der Waals surface area contributed by atoms with Crippen molar-refractivity contribution in [3.63, 3.8) is 0 Å². The molecule has 13 heavy (non-hydrogen) atoms. The van der Waals surface area contributed by atoms with Crippen LogP contribution in [0.4, 0.5) is 0 Å². The van der Waals surface area contributed by atoms with E-state index in [9.17, 15) is 0 Å². The molecule has 0 saturated carbocycles. The van der Waals surface area contributed by atoms with E-state index in [1.54, 1.807) is 6.20 Å². The van der Waals surface area contributed by atoms with Gasteiger partial charge in [-0.15, -0.1) is 0 Å². The summed E-state index contributed by atoms with van der Waals surface area (Å²) in [5.41, 5.74) is 0.646. The molecule has 0 aliphatic carbocycles. The van der Waals surface area contributed by atoms with Gasteiger partial charge in [0.2, 0.25) is 0 Å². The first-order valence-electron chi connectivity index (χ1n) is 4.42. The molecule has 0 amide bonds. The van der Waals surface area contributed by atoms with Gasteiger partial charge >= 0.3 is 7.12 Å². The summed E-state index contributed by atoms with van der Waals surface area (Å²) in [6, 6.07) is 1.86. The number of H-pyrrole nitrogens is 1. The number of aromatic amines is 1. The molecule has 0 spiro atoms. The molecule has 1 aliphatic heterocycles. The van der Waals surface area contributed by atoms with Crippen LogP contribution in [0.3, 0.4) is 0 Å². The zero-order valence-electron chi connectivity index (χ0n) is 8.07. The lowest BCUT2D eigenvalue weighted by Gasteiger charge is -2.21. The third kappa shape index (κ3) is 1.49. The Morgan fingerprint density at radius 2 is 2.38 bits per heavy atom. The number of hydrogen-bond acceptors (Lipinski definition) is 3. The van der Waals surface area contributed by atoms with Crippen LogP contribution in [0.2, 0.25) is 0 Å². The van der Waals surface area contributed by atoms with Crippen molar-refractivity contribution in [2.75, 3.05) is 0 Å². The van der Waals surface area contributed by atoms with Gasteiger partial charge in [0.05, 0.1) is 17.3 Å². The van der Waals surface area contributed by atoms with E-state index in [1.165, 1.54) is 0 Å². The van der Waals surface area contributed by atoms with Gasteiger partial charge in [-0.3, -0.25) is 5.10 Å². The average molecular weight is 180 g/mol. The summed E-state index contributed by atoms with van der Waals surface area (Å²) in [4.78, 5) is 0. The Morgan fingerprint density at radius 3 is 2.85 bits per heavy atom. The van der Waals surface area contributed by atoms with Crippen molar-refractivity contribution < 1.29 is 9.31 Å².